The van der Waals surface area contributed by atoms with E-state index in [0.29, 0.717) is 18.2 Å². The SMILES string of the molecule is CN(c1ccc(C2CC2)cc1)c1ccc2c(c1)CCC[C@H]2CNc1cnccc1C(=O)O. The average molecular weight is 428 g/mol. The summed E-state index contributed by atoms with van der Waals surface area (Å²) in [6.45, 7) is 0.705. The van der Waals surface area contributed by atoms with Crippen molar-refractivity contribution in [3.8, 4) is 0 Å². The fourth-order valence-corrected chi connectivity index (χ4v) is 4.81. The highest BCUT2D eigenvalue weighted by Crippen LogP contribution is 2.41. The Balaban J connectivity index is 1.31. The van der Waals surface area contributed by atoms with Crippen LogP contribution in [0.15, 0.2) is 60.9 Å². The Morgan fingerprint density at radius 1 is 1.09 bits per heavy atom. The Labute approximate surface area is 189 Å². The van der Waals surface area contributed by atoms with Crippen molar-refractivity contribution in [2.24, 2.45) is 0 Å². The van der Waals surface area contributed by atoms with Crippen LogP contribution >= 0.6 is 0 Å². The minimum absolute atomic E-state index is 0.265. The molecule has 5 nitrogen and oxygen atoms in total. The number of rotatable bonds is 7. The summed E-state index contributed by atoms with van der Waals surface area (Å²) in [7, 11) is 2.13. The van der Waals surface area contributed by atoms with Crippen LogP contribution in [0, 0.1) is 0 Å². The molecule has 2 aliphatic carbocycles. The second kappa shape index (κ2) is 8.65. The van der Waals surface area contributed by atoms with Crippen molar-refractivity contribution in [1.82, 2.24) is 4.98 Å². The largest absolute Gasteiger partial charge is 0.478 e. The van der Waals surface area contributed by atoms with E-state index in [9.17, 15) is 9.90 Å². The molecule has 0 radical (unpaired) electrons. The van der Waals surface area contributed by atoms with Crippen molar-refractivity contribution >= 4 is 23.0 Å². The molecular weight excluding hydrogens is 398 g/mol. The van der Waals surface area contributed by atoms with Crippen LogP contribution in [-0.2, 0) is 6.42 Å². The number of carbonyl (C=O) groups is 1. The van der Waals surface area contributed by atoms with E-state index in [1.165, 1.54) is 47.1 Å². The van der Waals surface area contributed by atoms with E-state index >= 15 is 0 Å². The topological polar surface area (TPSA) is 65.5 Å². The molecule has 1 atom stereocenters. The van der Waals surface area contributed by atoms with E-state index in [4.69, 9.17) is 0 Å². The van der Waals surface area contributed by atoms with Crippen LogP contribution in [0.1, 0.15) is 64.6 Å². The predicted octanol–water partition coefficient (Wildman–Crippen LogP) is 5.96. The van der Waals surface area contributed by atoms with Crippen LogP contribution in [0.5, 0.6) is 0 Å². The first-order chi connectivity index (χ1) is 15.6. The van der Waals surface area contributed by atoms with E-state index in [-0.39, 0.29) is 5.56 Å². The average Bonchev–Trinajstić information content (AvgIpc) is 3.68. The van der Waals surface area contributed by atoms with Gasteiger partial charge in [-0.1, -0.05) is 18.2 Å². The molecule has 0 unspecified atom stereocenters. The number of nitrogens with one attached hydrogen (secondary N) is 1. The number of carboxylic acids is 1. The van der Waals surface area contributed by atoms with Gasteiger partial charge in [-0.2, -0.15) is 0 Å². The van der Waals surface area contributed by atoms with Crippen LogP contribution in [-0.4, -0.2) is 29.7 Å². The number of aryl methyl sites for hydroxylation is 1. The zero-order valence-electron chi connectivity index (χ0n) is 18.4. The third-order valence-corrected chi connectivity index (χ3v) is 6.87. The quantitative estimate of drug-likeness (QED) is 0.487. The van der Waals surface area contributed by atoms with Crippen LogP contribution in [0.4, 0.5) is 17.1 Å². The lowest BCUT2D eigenvalue weighted by Crippen LogP contribution is -2.20. The number of fused-ring (bicyclic) bond motifs is 1. The smallest absolute Gasteiger partial charge is 0.337 e. The summed E-state index contributed by atoms with van der Waals surface area (Å²) >= 11 is 0. The molecule has 0 bridgehead atoms. The normalized spacial score (nSPS) is 17.5. The maximum atomic E-state index is 11.5. The second-order valence-corrected chi connectivity index (χ2v) is 9.00. The Hall–Kier alpha value is -3.34. The number of anilines is 3. The van der Waals surface area contributed by atoms with E-state index in [1.807, 2.05) is 0 Å². The Morgan fingerprint density at radius 3 is 2.62 bits per heavy atom. The summed E-state index contributed by atoms with van der Waals surface area (Å²) < 4.78 is 0. The maximum Gasteiger partial charge on any atom is 0.337 e. The van der Waals surface area contributed by atoms with Crippen molar-refractivity contribution in [1.29, 1.82) is 0 Å². The molecule has 0 saturated heterocycles. The van der Waals surface area contributed by atoms with Crippen molar-refractivity contribution < 1.29 is 9.90 Å². The van der Waals surface area contributed by atoms with E-state index in [1.54, 1.807) is 12.3 Å². The van der Waals surface area contributed by atoms with Crippen LogP contribution in [0.2, 0.25) is 0 Å². The molecule has 164 valence electrons. The van der Waals surface area contributed by atoms with Gasteiger partial charge in [0.2, 0.25) is 0 Å². The first-order valence-corrected chi connectivity index (χ1v) is 11.5. The summed E-state index contributed by atoms with van der Waals surface area (Å²) in [6.07, 6.45) is 9.09. The third-order valence-electron chi connectivity index (χ3n) is 6.87. The molecule has 3 aromatic rings. The highest BCUT2D eigenvalue weighted by Gasteiger charge is 2.24. The van der Waals surface area contributed by atoms with Crippen LogP contribution in [0.3, 0.4) is 0 Å². The van der Waals surface area contributed by atoms with Crippen molar-refractivity contribution in [2.45, 2.75) is 43.9 Å². The molecule has 5 heteroatoms. The number of carboxylic acid groups (broad SMARTS) is 1. The van der Waals surface area contributed by atoms with Crippen LogP contribution < -0.4 is 10.2 Å². The summed E-state index contributed by atoms with van der Waals surface area (Å²) in [5, 5.41) is 12.7. The molecule has 2 aromatic carbocycles. The first kappa shape index (κ1) is 20.6. The molecule has 5 rings (SSSR count). The van der Waals surface area contributed by atoms with Crippen molar-refractivity contribution in [3.05, 3.63) is 83.2 Å². The molecule has 0 spiro atoms. The Bertz CT molecular complexity index is 1120. The zero-order chi connectivity index (χ0) is 22.1. The summed E-state index contributed by atoms with van der Waals surface area (Å²) in [5.74, 6) is 0.205. The summed E-state index contributed by atoms with van der Waals surface area (Å²) in [6, 6.07) is 17.3. The number of nitrogens with zero attached hydrogens (tertiary/aromatic N) is 2. The van der Waals surface area contributed by atoms with Gasteiger partial charge in [0.25, 0.3) is 0 Å². The standard InChI is InChI=1S/C27H29N3O2/c1-30(22-9-7-19(8-10-22)18-5-6-18)23-11-12-24-20(15-23)3-2-4-21(24)16-29-26-17-28-14-13-25(26)27(31)32/h7-15,17-18,21,29H,2-6,16H2,1H3,(H,31,32)/t21-/m0/s1. The van der Waals surface area contributed by atoms with Gasteiger partial charge >= 0.3 is 5.97 Å². The Morgan fingerprint density at radius 2 is 1.88 bits per heavy atom. The van der Waals surface area contributed by atoms with Gasteiger partial charge < -0.3 is 15.3 Å². The molecule has 32 heavy (non-hydrogen) atoms. The molecule has 0 aliphatic heterocycles. The lowest BCUT2D eigenvalue weighted by molar-refractivity contribution is 0.0697. The molecular formula is C27H29N3O2. The highest BCUT2D eigenvalue weighted by atomic mass is 16.4. The van der Waals surface area contributed by atoms with E-state index in [0.717, 1.165) is 25.2 Å². The van der Waals surface area contributed by atoms with Gasteiger partial charge in [-0.05, 0) is 85.0 Å². The fraction of sp³-hybridized carbons (Fsp3) is 0.333. The van der Waals surface area contributed by atoms with Gasteiger partial charge in [0.1, 0.15) is 0 Å². The predicted molar refractivity (Wildman–Crippen MR) is 128 cm³/mol. The van der Waals surface area contributed by atoms with Crippen molar-refractivity contribution in [3.63, 3.8) is 0 Å². The number of pyridine rings is 1. The van der Waals surface area contributed by atoms with Gasteiger partial charge in [0, 0.05) is 37.1 Å². The molecule has 1 saturated carbocycles. The Kier molecular flexibility index (Phi) is 5.56. The number of aromatic nitrogens is 1. The zero-order valence-corrected chi connectivity index (χ0v) is 18.4. The monoisotopic (exact) mass is 427 g/mol. The highest BCUT2D eigenvalue weighted by molar-refractivity contribution is 5.93. The third kappa shape index (κ3) is 4.20. The lowest BCUT2D eigenvalue weighted by atomic mass is 9.82. The van der Waals surface area contributed by atoms with Crippen LogP contribution in [0.25, 0.3) is 0 Å². The van der Waals surface area contributed by atoms with Gasteiger partial charge in [-0.3, -0.25) is 4.98 Å². The fourth-order valence-electron chi connectivity index (χ4n) is 4.81. The molecule has 2 aliphatic rings. The molecule has 1 fully saturated rings. The van der Waals surface area contributed by atoms with Gasteiger partial charge in [0.05, 0.1) is 17.4 Å². The molecule has 1 aromatic heterocycles. The van der Waals surface area contributed by atoms with E-state index < -0.39 is 5.97 Å². The van der Waals surface area contributed by atoms with Crippen molar-refractivity contribution in [2.75, 3.05) is 23.8 Å². The van der Waals surface area contributed by atoms with Gasteiger partial charge in [0.15, 0.2) is 0 Å². The number of aromatic carboxylic acids is 1. The minimum atomic E-state index is -0.934. The molecule has 2 N–H and O–H groups in total. The summed E-state index contributed by atoms with van der Waals surface area (Å²) in [5.41, 5.74) is 7.48. The van der Waals surface area contributed by atoms with Gasteiger partial charge in [-0.25, -0.2) is 4.79 Å². The second-order valence-electron chi connectivity index (χ2n) is 9.00. The molecule has 0 amide bonds. The molecule has 1 heterocycles. The summed E-state index contributed by atoms with van der Waals surface area (Å²) in [4.78, 5) is 17.8. The first-order valence-electron chi connectivity index (χ1n) is 11.5. The van der Waals surface area contributed by atoms with Gasteiger partial charge in [-0.15, -0.1) is 0 Å². The lowest BCUT2D eigenvalue weighted by Gasteiger charge is -2.28. The number of hydrogen-bond donors (Lipinski definition) is 2. The number of benzene rings is 2. The number of hydrogen-bond acceptors (Lipinski definition) is 4. The minimum Gasteiger partial charge on any atom is -0.478 e. The van der Waals surface area contributed by atoms with E-state index in [2.05, 4.69) is 64.7 Å². The maximum absolute atomic E-state index is 11.5.